The second kappa shape index (κ2) is 3.82. The van der Waals surface area contributed by atoms with Gasteiger partial charge in [-0.3, -0.25) is 9.59 Å². The zero-order valence-corrected chi connectivity index (χ0v) is 7.42. The minimum atomic E-state index is -0.670. The Bertz CT molecular complexity index is 263. The molecule has 0 fully saturated rings. The number of carbonyl (C=O) groups is 2. The number of nitriles is 1. The van der Waals surface area contributed by atoms with Crippen molar-refractivity contribution in [3.05, 3.63) is 12.2 Å². The second-order valence-corrected chi connectivity index (χ2v) is 3.41. The van der Waals surface area contributed by atoms with Gasteiger partial charge in [0, 0.05) is 11.5 Å². The molecular formula is C9H11NO2. The first kappa shape index (κ1) is 10.6. The van der Waals surface area contributed by atoms with E-state index in [0.717, 1.165) is 12.2 Å². The van der Waals surface area contributed by atoms with Crippen molar-refractivity contribution in [2.75, 3.05) is 0 Å². The number of Topliss-reactive ketones (excluding diaryl/α,β-unsaturated/α-hetero) is 1. The van der Waals surface area contributed by atoms with Gasteiger partial charge in [0.05, 0.1) is 6.07 Å². The first-order chi connectivity index (χ1) is 5.39. The summed E-state index contributed by atoms with van der Waals surface area (Å²) in [5, 5.41) is 8.10. The molecule has 0 saturated carbocycles. The number of carbonyl (C=O) groups excluding carboxylic acids is 2. The number of allylic oxidation sites excluding steroid dienone is 2. The van der Waals surface area contributed by atoms with Crippen molar-refractivity contribution in [2.24, 2.45) is 5.41 Å². The molecule has 12 heavy (non-hydrogen) atoms. The lowest BCUT2D eigenvalue weighted by molar-refractivity contribution is -0.138. The molecule has 3 heteroatoms. The van der Waals surface area contributed by atoms with Crippen molar-refractivity contribution in [3.8, 4) is 6.07 Å². The third-order valence-electron chi connectivity index (χ3n) is 1.21. The van der Waals surface area contributed by atoms with Gasteiger partial charge < -0.3 is 0 Å². The van der Waals surface area contributed by atoms with E-state index in [0.29, 0.717) is 0 Å². The Morgan fingerprint density at radius 2 is 1.83 bits per heavy atom. The summed E-state index contributed by atoms with van der Waals surface area (Å²) in [6, 6.07) is 1.65. The Morgan fingerprint density at radius 1 is 1.33 bits per heavy atom. The van der Waals surface area contributed by atoms with Crippen LogP contribution in [-0.2, 0) is 9.59 Å². The molecule has 0 heterocycles. The topological polar surface area (TPSA) is 57.9 Å². The monoisotopic (exact) mass is 165 g/mol. The van der Waals surface area contributed by atoms with Crippen LogP contribution in [0.2, 0.25) is 0 Å². The van der Waals surface area contributed by atoms with Gasteiger partial charge >= 0.3 is 0 Å². The van der Waals surface area contributed by atoms with Crippen LogP contribution < -0.4 is 0 Å². The highest BCUT2D eigenvalue weighted by atomic mass is 16.2. The van der Waals surface area contributed by atoms with Gasteiger partial charge in [-0.05, 0) is 6.08 Å². The Kier molecular flexibility index (Phi) is 3.36. The summed E-state index contributed by atoms with van der Waals surface area (Å²) in [6.45, 7) is 4.98. The van der Waals surface area contributed by atoms with Gasteiger partial charge in [-0.2, -0.15) is 5.26 Å². The quantitative estimate of drug-likeness (QED) is 0.351. The summed E-state index contributed by atoms with van der Waals surface area (Å²) >= 11 is 0. The van der Waals surface area contributed by atoms with Crippen LogP contribution in [0.3, 0.4) is 0 Å². The summed E-state index contributed by atoms with van der Waals surface area (Å²) in [7, 11) is 0. The van der Waals surface area contributed by atoms with Gasteiger partial charge in [-0.25, -0.2) is 0 Å². The van der Waals surface area contributed by atoms with Gasteiger partial charge in [-0.1, -0.05) is 20.8 Å². The molecule has 0 aliphatic carbocycles. The smallest absolute Gasteiger partial charge is 0.222 e. The maximum absolute atomic E-state index is 11.2. The number of hydrogen-bond acceptors (Lipinski definition) is 3. The minimum Gasteiger partial charge on any atom is -0.290 e. The van der Waals surface area contributed by atoms with E-state index in [1.54, 1.807) is 26.8 Å². The van der Waals surface area contributed by atoms with Gasteiger partial charge in [-0.15, -0.1) is 0 Å². The minimum absolute atomic E-state index is 0.478. The number of ketones is 2. The van der Waals surface area contributed by atoms with Crippen LogP contribution in [0.25, 0.3) is 0 Å². The van der Waals surface area contributed by atoms with E-state index in [2.05, 4.69) is 0 Å². The van der Waals surface area contributed by atoms with Gasteiger partial charge in [0.15, 0.2) is 0 Å². The molecule has 0 unspecified atom stereocenters. The third kappa shape index (κ3) is 3.11. The molecular weight excluding hydrogens is 154 g/mol. The predicted molar refractivity (Wildman–Crippen MR) is 44.2 cm³/mol. The van der Waals surface area contributed by atoms with Crippen molar-refractivity contribution in [3.63, 3.8) is 0 Å². The maximum atomic E-state index is 11.2. The summed E-state index contributed by atoms with van der Waals surface area (Å²) < 4.78 is 0. The molecule has 0 amide bonds. The van der Waals surface area contributed by atoms with E-state index in [1.165, 1.54) is 0 Å². The summed E-state index contributed by atoms with van der Waals surface area (Å²) in [4.78, 5) is 22.1. The average Bonchev–Trinajstić information content (AvgIpc) is 1.97. The first-order valence-electron chi connectivity index (χ1n) is 3.54. The molecule has 0 aliphatic heterocycles. The second-order valence-electron chi connectivity index (χ2n) is 3.41. The number of nitrogens with zero attached hydrogens (tertiary/aromatic N) is 1. The molecule has 0 radical (unpaired) electrons. The van der Waals surface area contributed by atoms with Crippen molar-refractivity contribution in [1.29, 1.82) is 5.26 Å². The van der Waals surface area contributed by atoms with Crippen LogP contribution in [0, 0.1) is 16.7 Å². The normalized spacial score (nSPS) is 11.2. The third-order valence-corrected chi connectivity index (χ3v) is 1.21. The Morgan fingerprint density at radius 3 is 2.17 bits per heavy atom. The lowest BCUT2D eigenvalue weighted by Gasteiger charge is -2.13. The highest BCUT2D eigenvalue weighted by Crippen LogP contribution is 2.14. The Hall–Kier alpha value is -1.43. The van der Waals surface area contributed by atoms with E-state index in [-0.39, 0.29) is 0 Å². The van der Waals surface area contributed by atoms with Crippen molar-refractivity contribution in [1.82, 2.24) is 0 Å². The molecule has 0 rings (SSSR count). The molecule has 0 saturated heterocycles. The molecule has 3 nitrogen and oxygen atoms in total. The fourth-order valence-electron chi connectivity index (χ4n) is 0.558. The highest BCUT2D eigenvalue weighted by molar-refractivity contribution is 6.43. The molecule has 0 spiro atoms. The van der Waals surface area contributed by atoms with E-state index in [9.17, 15) is 9.59 Å². The van der Waals surface area contributed by atoms with E-state index in [1.807, 2.05) is 0 Å². The van der Waals surface area contributed by atoms with Crippen LogP contribution in [0.5, 0.6) is 0 Å². The molecule has 0 N–H and O–H groups in total. The van der Waals surface area contributed by atoms with Crippen molar-refractivity contribution >= 4 is 11.6 Å². The van der Waals surface area contributed by atoms with Crippen LogP contribution in [0.4, 0.5) is 0 Å². The van der Waals surface area contributed by atoms with E-state index < -0.39 is 17.0 Å². The lowest BCUT2D eigenvalue weighted by Crippen LogP contribution is -2.27. The van der Waals surface area contributed by atoms with Crippen LogP contribution in [0.1, 0.15) is 20.8 Å². The SMILES string of the molecule is CC(C)(C)C(=O)C(=O)/C=C/C#N. The Balaban J connectivity index is 4.45. The zero-order chi connectivity index (χ0) is 9.78. The largest absolute Gasteiger partial charge is 0.290 e. The molecule has 0 aliphatic rings. The summed E-state index contributed by atoms with van der Waals surface area (Å²) in [5.41, 5.74) is -0.670. The number of hydrogen-bond donors (Lipinski definition) is 0. The fraction of sp³-hybridized carbons (Fsp3) is 0.444. The van der Waals surface area contributed by atoms with Gasteiger partial charge in [0.2, 0.25) is 11.6 Å². The lowest BCUT2D eigenvalue weighted by atomic mass is 9.88. The first-order valence-corrected chi connectivity index (χ1v) is 3.54. The van der Waals surface area contributed by atoms with Crippen molar-refractivity contribution < 1.29 is 9.59 Å². The molecule has 0 aromatic carbocycles. The predicted octanol–water partition coefficient (Wildman–Crippen LogP) is 1.25. The van der Waals surface area contributed by atoms with E-state index >= 15 is 0 Å². The standard InChI is InChI=1S/C9H11NO2/c1-9(2,3)8(12)7(11)5-4-6-10/h4-5H,1-3H3/b5-4+. The number of rotatable bonds is 2. The van der Waals surface area contributed by atoms with Gasteiger partial charge in [0.1, 0.15) is 0 Å². The summed E-state index contributed by atoms with van der Waals surface area (Å²) in [5.74, 6) is -1.10. The van der Waals surface area contributed by atoms with Crippen LogP contribution >= 0.6 is 0 Å². The maximum Gasteiger partial charge on any atom is 0.222 e. The molecule has 0 bridgehead atoms. The van der Waals surface area contributed by atoms with Gasteiger partial charge in [0.25, 0.3) is 0 Å². The van der Waals surface area contributed by atoms with Crippen molar-refractivity contribution in [2.45, 2.75) is 20.8 Å². The van der Waals surface area contributed by atoms with Crippen LogP contribution in [0.15, 0.2) is 12.2 Å². The van der Waals surface area contributed by atoms with E-state index in [4.69, 9.17) is 5.26 Å². The van der Waals surface area contributed by atoms with Crippen LogP contribution in [-0.4, -0.2) is 11.6 Å². The molecule has 0 aromatic rings. The molecule has 64 valence electrons. The zero-order valence-electron chi connectivity index (χ0n) is 7.42. The summed E-state index contributed by atoms with van der Waals surface area (Å²) in [6.07, 6.45) is 2.00. The average molecular weight is 165 g/mol. The highest BCUT2D eigenvalue weighted by Gasteiger charge is 2.25. The Labute approximate surface area is 71.7 Å². The molecule has 0 atom stereocenters. The fourth-order valence-corrected chi connectivity index (χ4v) is 0.558. The molecule has 0 aromatic heterocycles.